The zero-order valence-electron chi connectivity index (χ0n) is 25.1. The van der Waals surface area contributed by atoms with Gasteiger partial charge in [0.25, 0.3) is 0 Å². The highest BCUT2D eigenvalue weighted by Gasteiger charge is 2.42. The van der Waals surface area contributed by atoms with Crippen molar-refractivity contribution >= 4 is 22.0 Å². The molecule has 2 aromatic heterocycles. The summed E-state index contributed by atoms with van der Waals surface area (Å²) in [6.45, 7) is 9.32. The summed E-state index contributed by atoms with van der Waals surface area (Å²) in [4.78, 5) is 9.21. The maximum absolute atomic E-state index is 10.4. The number of hydrogen-bond acceptors (Lipinski definition) is 4. The van der Waals surface area contributed by atoms with Gasteiger partial charge in [0.1, 0.15) is 16.8 Å². The van der Waals surface area contributed by atoms with Crippen molar-refractivity contribution in [2.45, 2.75) is 38.5 Å². The van der Waals surface area contributed by atoms with E-state index >= 15 is 0 Å². The van der Waals surface area contributed by atoms with Crippen molar-refractivity contribution in [3.63, 3.8) is 0 Å². The van der Waals surface area contributed by atoms with E-state index < -0.39 is 0 Å². The standard InChI is InChI=1S/C40H30N2O2/c1-39(2)30-18-22(24-15-16-35(43)37-27(24)8-7-17-41-37)11-13-25(30)28-20-33-29(21-32(28)39)26-14-12-23(19-31(26)40(33,3)4)38-42-34-9-5-6-10-36(34)44-38/h5-21,43H,1-4H3. The summed E-state index contributed by atoms with van der Waals surface area (Å²) in [6.07, 6.45) is 1.73. The van der Waals surface area contributed by atoms with Crippen molar-refractivity contribution in [1.29, 1.82) is 0 Å². The van der Waals surface area contributed by atoms with Crippen molar-refractivity contribution < 1.29 is 9.52 Å². The van der Waals surface area contributed by atoms with Gasteiger partial charge in [0.2, 0.25) is 5.89 Å². The normalized spacial score (nSPS) is 15.3. The Hall–Kier alpha value is -5.22. The summed E-state index contributed by atoms with van der Waals surface area (Å²) in [6, 6.07) is 34.0. The van der Waals surface area contributed by atoms with E-state index in [-0.39, 0.29) is 16.6 Å². The molecule has 0 aliphatic heterocycles. The van der Waals surface area contributed by atoms with Crippen LogP contribution in [0.3, 0.4) is 0 Å². The molecule has 0 amide bonds. The van der Waals surface area contributed by atoms with Gasteiger partial charge in [-0.2, -0.15) is 0 Å². The first-order valence-corrected chi connectivity index (χ1v) is 15.1. The summed E-state index contributed by atoms with van der Waals surface area (Å²) in [7, 11) is 0. The molecular formula is C40H30N2O2. The number of oxazole rings is 1. The minimum Gasteiger partial charge on any atom is -0.506 e. The van der Waals surface area contributed by atoms with Crippen molar-refractivity contribution in [1.82, 2.24) is 9.97 Å². The number of phenols is 1. The fourth-order valence-electron chi connectivity index (χ4n) is 7.67. The highest BCUT2D eigenvalue weighted by Crippen LogP contribution is 2.57. The molecular weight excluding hydrogens is 540 g/mol. The average molecular weight is 571 g/mol. The lowest BCUT2D eigenvalue weighted by molar-refractivity contribution is 0.480. The molecule has 0 unspecified atom stereocenters. The van der Waals surface area contributed by atoms with Crippen LogP contribution < -0.4 is 0 Å². The highest BCUT2D eigenvalue weighted by atomic mass is 16.3. The SMILES string of the molecule is CC1(C)c2cc(-c3nc4ccccc4o3)ccc2-c2cc3c(cc21)-c1ccc(-c2ccc(O)c4ncccc24)cc1C3(C)C. The topological polar surface area (TPSA) is 59.2 Å². The molecule has 0 saturated heterocycles. The zero-order chi connectivity index (χ0) is 30.0. The minimum absolute atomic E-state index is 0.174. The number of para-hydroxylation sites is 2. The second-order valence-corrected chi connectivity index (χ2v) is 13.2. The van der Waals surface area contributed by atoms with Crippen LogP contribution in [0.5, 0.6) is 5.75 Å². The van der Waals surface area contributed by atoms with Gasteiger partial charge in [-0.3, -0.25) is 4.98 Å². The van der Waals surface area contributed by atoms with Gasteiger partial charge in [-0.25, -0.2) is 4.98 Å². The Morgan fingerprint density at radius 1 is 0.591 bits per heavy atom. The van der Waals surface area contributed by atoms with Gasteiger partial charge < -0.3 is 9.52 Å². The van der Waals surface area contributed by atoms with Gasteiger partial charge in [0, 0.05) is 28.0 Å². The van der Waals surface area contributed by atoms with Crippen LogP contribution in [0.15, 0.2) is 108 Å². The quantitative estimate of drug-likeness (QED) is 0.225. The van der Waals surface area contributed by atoms with E-state index in [4.69, 9.17) is 9.40 Å². The second-order valence-electron chi connectivity index (χ2n) is 13.2. The number of rotatable bonds is 2. The van der Waals surface area contributed by atoms with Gasteiger partial charge in [-0.05, 0) is 116 Å². The molecule has 2 aliphatic carbocycles. The fraction of sp³-hybridized carbons (Fsp3) is 0.150. The van der Waals surface area contributed by atoms with Crippen LogP contribution in [-0.2, 0) is 10.8 Å². The number of nitrogens with zero attached hydrogens (tertiary/aromatic N) is 2. The molecule has 2 heterocycles. The summed E-state index contributed by atoms with van der Waals surface area (Å²) < 4.78 is 6.13. The molecule has 0 saturated carbocycles. The molecule has 9 rings (SSSR count). The molecule has 44 heavy (non-hydrogen) atoms. The number of hydrogen-bond donors (Lipinski definition) is 1. The lowest BCUT2D eigenvalue weighted by atomic mass is 9.79. The van der Waals surface area contributed by atoms with Gasteiger partial charge in [-0.15, -0.1) is 0 Å². The molecule has 0 atom stereocenters. The van der Waals surface area contributed by atoms with Crippen molar-refractivity contribution in [2.24, 2.45) is 0 Å². The van der Waals surface area contributed by atoms with Crippen LogP contribution in [0.1, 0.15) is 49.9 Å². The lowest BCUT2D eigenvalue weighted by Gasteiger charge is -2.24. The Morgan fingerprint density at radius 3 is 1.91 bits per heavy atom. The average Bonchev–Trinajstić information content (AvgIpc) is 3.64. The first-order chi connectivity index (χ1) is 21.2. The summed E-state index contributed by atoms with van der Waals surface area (Å²) in [5, 5.41) is 11.4. The maximum atomic E-state index is 10.4. The molecule has 0 bridgehead atoms. The van der Waals surface area contributed by atoms with E-state index in [1.807, 2.05) is 42.5 Å². The highest BCUT2D eigenvalue weighted by molar-refractivity contribution is 5.99. The zero-order valence-corrected chi connectivity index (χ0v) is 25.1. The molecule has 0 spiro atoms. The van der Waals surface area contributed by atoms with Crippen LogP contribution in [0, 0.1) is 0 Å². The Balaban J connectivity index is 1.17. The third-order valence-electron chi connectivity index (χ3n) is 10.1. The minimum atomic E-state index is -0.175. The van der Waals surface area contributed by atoms with E-state index in [0.29, 0.717) is 11.4 Å². The Bertz CT molecular complexity index is 2330. The van der Waals surface area contributed by atoms with Crippen LogP contribution in [-0.4, -0.2) is 15.1 Å². The smallest absolute Gasteiger partial charge is 0.227 e. The first kappa shape index (κ1) is 25.3. The fourth-order valence-corrected chi connectivity index (χ4v) is 7.67. The third kappa shape index (κ3) is 3.28. The second kappa shape index (κ2) is 8.45. The van der Waals surface area contributed by atoms with Crippen LogP contribution >= 0.6 is 0 Å². The number of aromatic nitrogens is 2. The van der Waals surface area contributed by atoms with E-state index in [9.17, 15) is 5.11 Å². The van der Waals surface area contributed by atoms with Crippen LogP contribution in [0.25, 0.3) is 66.8 Å². The van der Waals surface area contributed by atoms with Gasteiger partial charge in [0.05, 0.1) is 0 Å². The van der Waals surface area contributed by atoms with Crippen molar-refractivity contribution in [3.8, 4) is 50.6 Å². The largest absolute Gasteiger partial charge is 0.506 e. The number of aromatic hydroxyl groups is 1. The maximum Gasteiger partial charge on any atom is 0.227 e. The Labute approximate surface area is 255 Å². The molecule has 1 N–H and O–H groups in total. The summed E-state index contributed by atoms with van der Waals surface area (Å²) >= 11 is 0. The third-order valence-corrected chi connectivity index (χ3v) is 10.1. The number of fused-ring (bicyclic) bond motifs is 8. The molecule has 4 heteroatoms. The molecule has 7 aromatic rings. The predicted molar refractivity (Wildman–Crippen MR) is 177 cm³/mol. The van der Waals surface area contributed by atoms with E-state index in [1.54, 1.807) is 12.3 Å². The molecule has 0 fully saturated rings. The molecule has 5 aromatic carbocycles. The monoisotopic (exact) mass is 570 g/mol. The van der Waals surface area contributed by atoms with Crippen LogP contribution in [0.4, 0.5) is 0 Å². The Kier molecular flexibility index (Phi) is 4.86. The van der Waals surface area contributed by atoms with E-state index in [2.05, 4.69) is 81.2 Å². The molecule has 0 radical (unpaired) electrons. The molecule has 4 nitrogen and oxygen atoms in total. The lowest BCUT2D eigenvalue weighted by Crippen LogP contribution is -2.17. The van der Waals surface area contributed by atoms with E-state index in [1.165, 1.54) is 44.5 Å². The summed E-state index contributed by atoms with van der Waals surface area (Å²) in [5.41, 5.74) is 15.7. The van der Waals surface area contributed by atoms with Gasteiger partial charge >= 0.3 is 0 Å². The van der Waals surface area contributed by atoms with E-state index in [0.717, 1.165) is 33.2 Å². The number of pyridine rings is 1. The Morgan fingerprint density at radius 2 is 1.20 bits per heavy atom. The molecule has 2 aliphatic rings. The van der Waals surface area contributed by atoms with Gasteiger partial charge in [0.15, 0.2) is 5.58 Å². The summed E-state index contributed by atoms with van der Waals surface area (Å²) in [5.74, 6) is 0.864. The molecule has 212 valence electrons. The van der Waals surface area contributed by atoms with Crippen molar-refractivity contribution in [2.75, 3.05) is 0 Å². The van der Waals surface area contributed by atoms with Crippen molar-refractivity contribution in [3.05, 3.63) is 126 Å². The number of benzene rings is 5. The predicted octanol–water partition coefficient (Wildman–Crippen LogP) is 10.0. The van der Waals surface area contributed by atoms with Crippen LogP contribution in [0.2, 0.25) is 0 Å². The first-order valence-electron chi connectivity index (χ1n) is 15.1. The van der Waals surface area contributed by atoms with Gasteiger partial charge in [-0.1, -0.05) is 64.1 Å². The number of phenolic OH excluding ortho intramolecular Hbond substituents is 1.